The fraction of sp³-hybridized carbons (Fsp3) is 0.704. The van der Waals surface area contributed by atoms with Gasteiger partial charge in [0.25, 0.3) is 0 Å². The van der Waals surface area contributed by atoms with Crippen LogP contribution < -0.4 is 10.1 Å². The molecule has 1 aromatic carbocycles. The summed E-state index contributed by atoms with van der Waals surface area (Å²) >= 11 is 0. The Bertz CT molecular complexity index is 556. The number of nitrogens with one attached hydrogen (secondary N) is 1. The normalized spacial score (nSPS) is 10.7. The maximum Gasteiger partial charge on any atom is 0.220 e. The van der Waals surface area contributed by atoms with Gasteiger partial charge in [0.05, 0.1) is 6.54 Å². The van der Waals surface area contributed by atoms with E-state index in [2.05, 4.69) is 12.2 Å². The topological polar surface area (TPSA) is 55.4 Å². The summed E-state index contributed by atoms with van der Waals surface area (Å²) in [5.41, 5.74) is 0.629. The Kier molecular flexibility index (Phi) is 17.6. The van der Waals surface area contributed by atoms with Gasteiger partial charge in [-0.1, -0.05) is 96.8 Å². The molecular formula is C27H45NO3. The smallest absolute Gasteiger partial charge is 0.220 e. The van der Waals surface area contributed by atoms with E-state index in [9.17, 15) is 9.59 Å². The molecule has 0 saturated heterocycles. The van der Waals surface area contributed by atoms with Crippen molar-refractivity contribution in [3.8, 4) is 5.75 Å². The lowest BCUT2D eigenvalue weighted by molar-refractivity contribution is -0.121. The number of hydrogen-bond donors (Lipinski definition) is 1. The first-order valence-corrected chi connectivity index (χ1v) is 12.7. The minimum atomic E-state index is 0.106. The molecule has 1 aromatic rings. The molecular weight excluding hydrogens is 386 g/mol. The summed E-state index contributed by atoms with van der Waals surface area (Å²) in [6.07, 6.45) is 21.4. The fourth-order valence-electron chi connectivity index (χ4n) is 3.75. The third-order valence-electron chi connectivity index (χ3n) is 5.72. The van der Waals surface area contributed by atoms with Crippen LogP contribution in [0.4, 0.5) is 0 Å². The Labute approximate surface area is 190 Å². The van der Waals surface area contributed by atoms with Gasteiger partial charge in [-0.05, 0) is 30.7 Å². The SMILES string of the molecule is CCCCCCCCCCCCCCCCCC(=O)NCCOc1ccc(C=O)cc1. The standard InChI is InChI=1S/C27H45NO3/c1-2-3-4-5-6-7-8-9-10-11-12-13-14-15-16-17-27(30)28-22-23-31-26-20-18-25(24-29)19-21-26/h18-21,24H,2-17,22-23H2,1H3,(H,28,30). The Morgan fingerprint density at radius 2 is 1.26 bits per heavy atom. The molecule has 0 radical (unpaired) electrons. The molecule has 0 bridgehead atoms. The van der Waals surface area contributed by atoms with E-state index in [1.54, 1.807) is 24.3 Å². The van der Waals surface area contributed by atoms with Gasteiger partial charge in [-0.3, -0.25) is 9.59 Å². The van der Waals surface area contributed by atoms with Gasteiger partial charge < -0.3 is 10.1 Å². The first-order valence-electron chi connectivity index (χ1n) is 12.7. The fourth-order valence-corrected chi connectivity index (χ4v) is 3.75. The zero-order valence-corrected chi connectivity index (χ0v) is 19.8. The number of ether oxygens (including phenoxy) is 1. The van der Waals surface area contributed by atoms with Crippen molar-refractivity contribution in [3.63, 3.8) is 0 Å². The average Bonchev–Trinajstić information content (AvgIpc) is 2.79. The molecule has 0 aromatic heterocycles. The first kappa shape index (κ1) is 27.2. The van der Waals surface area contributed by atoms with E-state index in [1.165, 1.54) is 83.5 Å². The number of carbonyl (C=O) groups excluding carboxylic acids is 2. The minimum absolute atomic E-state index is 0.106. The van der Waals surface area contributed by atoms with Crippen LogP contribution in [0.5, 0.6) is 5.75 Å². The van der Waals surface area contributed by atoms with Gasteiger partial charge in [0.15, 0.2) is 0 Å². The number of benzene rings is 1. The van der Waals surface area contributed by atoms with Crippen molar-refractivity contribution in [2.24, 2.45) is 0 Å². The molecule has 0 saturated carbocycles. The zero-order chi connectivity index (χ0) is 22.4. The Hall–Kier alpha value is -1.84. The van der Waals surface area contributed by atoms with Gasteiger partial charge in [0, 0.05) is 12.0 Å². The predicted octanol–water partition coefficient (Wildman–Crippen LogP) is 7.26. The van der Waals surface area contributed by atoms with E-state index in [0.29, 0.717) is 30.9 Å². The zero-order valence-electron chi connectivity index (χ0n) is 19.8. The molecule has 1 N–H and O–H groups in total. The maximum absolute atomic E-state index is 11.9. The molecule has 0 heterocycles. The van der Waals surface area contributed by atoms with Crippen LogP contribution in [0.1, 0.15) is 120 Å². The average molecular weight is 432 g/mol. The molecule has 4 nitrogen and oxygen atoms in total. The number of rotatable bonds is 21. The van der Waals surface area contributed by atoms with Gasteiger partial charge in [-0.2, -0.15) is 0 Å². The van der Waals surface area contributed by atoms with Gasteiger partial charge in [-0.25, -0.2) is 0 Å². The lowest BCUT2D eigenvalue weighted by Crippen LogP contribution is -2.27. The highest BCUT2D eigenvalue weighted by atomic mass is 16.5. The Balaban J connectivity index is 1.80. The van der Waals surface area contributed by atoms with Crippen LogP contribution in [-0.4, -0.2) is 25.3 Å². The Morgan fingerprint density at radius 1 is 0.774 bits per heavy atom. The van der Waals surface area contributed by atoms with Crippen molar-refractivity contribution in [2.45, 2.75) is 110 Å². The van der Waals surface area contributed by atoms with Crippen LogP contribution in [0.15, 0.2) is 24.3 Å². The van der Waals surface area contributed by atoms with E-state index in [-0.39, 0.29) is 5.91 Å². The minimum Gasteiger partial charge on any atom is -0.492 e. The van der Waals surface area contributed by atoms with E-state index in [4.69, 9.17) is 4.74 Å². The van der Waals surface area contributed by atoms with Crippen LogP contribution in [0, 0.1) is 0 Å². The van der Waals surface area contributed by atoms with E-state index in [0.717, 1.165) is 19.1 Å². The van der Waals surface area contributed by atoms with Crippen molar-refractivity contribution < 1.29 is 14.3 Å². The van der Waals surface area contributed by atoms with Crippen molar-refractivity contribution in [1.29, 1.82) is 0 Å². The van der Waals surface area contributed by atoms with E-state index >= 15 is 0 Å². The summed E-state index contributed by atoms with van der Waals surface area (Å²) in [5.74, 6) is 0.817. The summed E-state index contributed by atoms with van der Waals surface area (Å²) < 4.78 is 5.56. The van der Waals surface area contributed by atoms with E-state index < -0.39 is 0 Å². The summed E-state index contributed by atoms with van der Waals surface area (Å²) in [4.78, 5) is 22.5. The monoisotopic (exact) mass is 431 g/mol. The van der Waals surface area contributed by atoms with Crippen molar-refractivity contribution in [3.05, 3.63) is 29.8 Å². The summed E-state index contributed by atoms with van der Waals surface area (Å²) in [7, 11) is 0. The molecule has 4 heteroatoms. The van der Waals surface area contributed by atoms with Crippen LogP contribution in [0.25, 0.3) is 0 Å². The van der Waals surface area contributed by atoms with Gasteiger partial charge in [0.2, 0.25) is 5.91 Å². The number of hydrogen-bond acceptors (Lipinski definition) is 3. The summed E-state index contributed by atoms with van der Waals surface area (Å²) in [6.45, 7) is 3.22. The second-order valence-electron chi connectivity index (χ2n) is 8.59. The molecule has 0 unspecified atom stereocenters. The molecule has 0 aliphatic carbocycles. The lowest BCUT2D eigenvalue weighted by atomic mass is 10.0. The lowest BCUT2D eigenvalue weighted by Gasteiger charge is -2.08. The second kappa shape index (κ2) is 20.1. The number of aldehydes is 1. The summed E-state index contributed by atoms with van der Waals surface area (Å²) in [6, 6.07) is 6.97. The third-order valence-corrected chi connectivity index (χ3v) is 5.72. The molecule has 0 atom stereocenters. The largest absolute Gasteiger partial charge is 0.492 e. The van der Waals surface area contributed by atoms with Gasteiger partial charge in [-0.15, -0.1) is 0 Å². The number of carbonyl (C=O) groups is 2. The molecule has 0 aliphatic heterocycles. The molecule has 1 amide bonds. The molecule has 0 spiro atoms. The first-order chi connectivity index (χ1) is 15.3. The van der Waals surface area contributed by atoms with Crippen molar-refractivity contribution in [2.75, 3.05) is 13.2 Å². The highest BCUT2D eigenvalue weighted by Gasteiger charge is 2.01. The van der Waals surface area contributed by atoms with Crippen LogP contribution >= 0.6 is 0 Å². The quantitative estimate of drug-likeness (QED) is 0.165. The van der Waals surface area contributed by atoms with Gasteiger partial charge in [0.1, 0.15) is 18.6 Å². The van der Waals surface area contributed by atoms with Crippen LogP contribution in [0.3, 0.4) is 0 Å². The maximum atomic E-state index is 11.9. The molecule has 1 rings (SSSR count). The Morgan fingerprint density at radius 3 is 1.74 bits per heavy atom. The highest BCUT2D eigenvalue weighted by Crippen LogP contribution is 2.14. The number of unbranched alkanes of at least 4 members (excludes halogenated alkanes) is 14. The van der Waals surface area contributed by atoms with Crippen molar-refractivity contribution in [1.82, 2.24) is 5.32 Å². The predicted molar refractivity (Wildman–Crippen MR) is 130 cm³/mol. The van der Waals surface area contributed by atoms with E-state index in [1.807, 2.05) is 0 Å². The molecule has 0 aliphatic rings. The van der Waals surface area contributed by atoms with Crippen LogP contribution in [-0.2, 0) is 4.79 Å². The summed E-state index contributed by atoms with van der Waals surface area (Å²) in [5, 5.41) is 2.90. The second-order valence-corrected chi connectivity index (χ2v) is 8.59. The highest BCUT2D eigenvalue weighted by molar-refractivity contribution is 5.75. The molecule has 31 heavy (non-hydrogen) atoms. The van der Waals surface area contributed by atoms with Crippen molar-refractivity contribution >= 4 is 12.2 Å². The van der Waals surface area contributed by atoms with Gasteiger partial charge >= 0.3 is 0 Å². The number of amides is 1. The third kappa shape index (κ3) is 16.5. The van der Waals surface area contributed by atoms with Crippen LogP contribution in [0.2, 0.25) is 0 Å². The molecule has 0 fully saturated rings. The molecule has 176 valence electrons.